The van der Waals surface area contributed by atoms with E-state index in [1.807, 2.05) is 32.2 Å². The van der Waals surface area contributed by atoms with Gasteiger partial charge in [-0.05, 0) is 30.7 Å². The van der Waals surface area contributed by atoms with E-state index < -0.39 is 0 Å². The average molecular weight is 217 g/mol. The quantitative estimate of drug-likeness (QED) is 0.761. The Balaban J connectivity index is 2.04. The summed E-state index contributed by atoms with van der Waals surface area (Å²) in [5.74, 6) is 0.777. The molecular weight excluding hydrogens is 202 g/mol. The number of anilines is 2. The predicted molar refractivity (Wildman–Crippen MR) is 63.9 cm³/mol. The first-order valence-electron chi connectivity index (χ1n) is 5.09. The van der Waals surface area contributed by atoms with E-state index in [0.717, 1.165) is 22.8 Å². The molecule has 0 saturated heterocycles. The molecule has 1 aromatic heterocycles. The van der Waals surface area contributed by atoms with Crippen LogP contribution >= 0.6 is 0 Å². The second-order valence-electron chi connectivity index (χ2n) is 3.76. The number of benzene rings is 1. The van der Waals surface area contributed by atoms with Crippen LogP contribution in [0.4, 0.5) is 11.4 Å². The molecule has 16 heavy (non-hydrogen) atoms. The molecule has 0 amide bonds. The molecule has 0 atom stereocenters. The molecule has 0 spiro atoms. The van der Waals surface area contributed by atoms with Crippen LogP contribution < -0.4 is 11.1 Å². The average Bonchev–Trinajstić information content (AvgIpc) is 2.63. The van der Waals surface area contributed by atoms with Gasteiger partial charge < -0.3 is 11.1 Å². The summed E-state index contributed by atoms with van der Waals surface area (Å²) in [5, 5.41) is 7.47. The highest BCUT2D eigenvalue weighted by Crippen LogP contribution is 2.17. The largest absolute Gasteiger partial charge is 0.399 e. The Morgan fingerprint density at radius 3 is 2.88 bits per heavy atom. The predicted octanol–water partition coefficient (Wildman–Crippen LogP) is 1.32. The second-order valence-corrected chi connectivity index (χ2v) is 3.76. The fourth-order valence-electron chi connectivity index (χ4n) is 1.52. The van der Waals surface area contributed by atoms with Gasteiger partial charge in [-0.25, -0.2) is 4.98 Å². The lowest BCUT2D eigenvalue weighted by Gasteiger charge is -2.08. The second kappa shape index (κ2) is 4.22. The van der Waals surface area contributed by atoms with E-state index in [2.05, 4.69) is 15.4 Å². The van der Waals surface area contributed by atoms with Gasteiger partial charge in [0.25, 0.3) is 0 Å². The highest BCUT2D eigenvalue weighted by atomic mass is 15.3. The van der Waals surface area contributed by atoms with Gasteiger partial charge in [0.1, 0.15) is 6.33 Å². The Morgan fingerprint density at radius 1 is 1.44 bits per heavy atom. The molecule has 5 heteroatoms. The van der Waals surface area contributed by atoms with Crippen molar-refractivity contribution in [3.8, 4) is 0 Å². The molecule has 0 aliphatic heterocycles. The van der Waals surface area contributed by atoms with E-state index in [0.29, 0.717) is 6.54 Å². The number of hydrogen-bond acceptors (Lipinski definition) is 4. The summed E-state index contributed by atoms with van der Waals surface area (Å²) in [6, 6.07) is 5.78. The molecule has 0 unspecified atom stereocenters. The molecule has 1 heterocycles. The molecule has 3 N–H and O–H groups in total. The fraction of sp³-hybridized carbons (Fsp3) is 0.273. The lowest BCUT2D eigenvalue weighted by molar-refractivity contribution is 0.747. The van der Waals surface area contributed by atoms with Crippen LogP contribution in [0.25, 0.3) is 0 Å². The van der Waals surface area contributed by atoms with Crippen molar-refractivity contribution in [2.75, 3.05) is 11.1 Å². The number of nitrogens with zero attached hydrogens (tertiary/aromatic N) is 3. The Hall–Kier alpha value is -2.04. The van der Waals surface area contributed by atoms with E-state index in [1.54, 1.807) is 11.0 Å². The van der Waals surface area contributed by atoms with Crippen LogP contribution in [0.3, 0.4) is 0 Å². The smallest absolute Gasteiger partial charge is 0.169 e. The van der Waals surface area contributed by atoms with Gasteiger partial charge in [-0.2, -0.15) is 5.10 Å². The van der Waals surface area contributed by atoms with Gasteiger partial charge in [0.15, 0.2) is 5.82 Å². The summed E-state index contributed by atoms with van der Waals surface area (Å²) in [4.78, 5) is 4.14. The van der Waals surface area contributed by atoms with Gasteiger partial charge in [-0.1, -0.05) is 0 Å². The molecule has 5 nitrogen and oxygen atoms in total. The minimum atomic E-state index is 0.617. The Labute approximate surface area is 94.3 Å². The third-order valence-electron chi connectivity index (χ3n) is 2.33. The normalized spacial score (nSPS) is 10.4. The molecule has 1 aromatic carbocycles. The van der Waals surface area contributed by atoms with Gasteiger partial charge in [0, 0.05) is 18.4 Å². The third kappa shape index (κ3) is 2.31. The maximum atomic E-state index is 5.68. The Kier molecular flexibility index (Phi) is 2.76. The van der Waals surface area contributed by atoms with Crippen molar-refractivity contribution in [2.45, 2.75) is 13.5 Å². The molecule has 2 aromatic rings. The Morgan fingerprint density at radius 2 is 2.25 bits per heavy atom. The number of nitrogen functional groups attached to an aromatic ring is 1. The maximum absolute atomic E-state index is 5.68. The van der Waals surface area contributed by atoms with E-state index >= 15 is 0 Å². The maximum Gasteiger partial charge on any atom is 0.169 e. The van der Waals surface area contributed by atoms with Gasteiger partial charge in [-0.15, -0.1) is 0 Å². The molecule has 0 aliphatic carbocycles. The standard InChI is InChI=1S/C11H15N5/c1-8-5-9(12)3-4-10(8)13-6-11-14-7-16(2)15-11/h3-5,7,13H,6,12H2,1-2H3. The first-order valence-corrected chi connectivity index (χ1v) is 5.09. The van der Waals surface area contributed by atoms with E-state index in [-0.39, 0.29) is 0 Å². The highest BCUT2D eigenvalue weighted by molar-refractivity contribution is 5.57. The summed E-state index contributed by atoms with van der Waals surface area (Å²) in [6.07, 6.45) is 1.69. The number of aryl methyl sites for hydroxylation is 2. The van der Waals surface area contributed by atoms with Crippen molar-refractivity contribution in [1.82, 2.24) is 14.8 Å². The molecule has 0 aliphatic rings. The number of nitrogens with one attached hydrogen (secondary N) is 1. The molecule has 0 fully saturated rings. The SMILES string of the molecule is Cc1cc(N)ccc1NCc1ncn(C)n1. The van der Waals surface area contributed by atoms with E-state index in [1.165, 1.54) is 0 Å². The number of rotatable bonds is 3. The monoisotopic (exact) mass is 217 g/mol. The first-order chi connectivity index (χ1) is 7.65. The summed E-state index contributed by atoms with van der Waals surface area (Å²) in [5.41, 5.74) is 8.64. The van der Waals surface area contributed by atoms with Crippen LogP contribution in [0.5, 0.6) is 0 Å². The van der Waals surface area contributed by atoms with Crippen LogP contribution in [-0.2, 0) is 13.6 Å². The number of nitrogens with two attached hydrogens (primary N) is 1. The summed E-state index contributed by atoms with van der Waals surface area (Å²) >= 11 is 0. The number of aromatic nitrogens is 3. The summed E-state index contributed by atoms with van der Waals surface area (Å²) < 4.78 is 1.69. The van der Waals surface area contributed by atoms with Crippen molar-refractivity contribution in [3.63, 3.8) is 0 Å². The lowest BCUT2D eigenvalue weighted by atomic mass is 10.2. The zero-order valence-electron chi connectivity index (χ0n) is 9.44. The summed E-state index contributed by atoms with van der Waals surface area (Å²) in [7, 11) is 1.85. The first kappa shape index (κ1) is 10.5. The van der Waals surface area contributed by atoms with Crippen molar-refractivity contribution in [2.24, 2.45) is 7.05 Å². The zero-order valence-corrected chi connectivity index (χ0v) is 9.44. The molecule has 0 saturated carbocycles. The van der Waals surface area contributed by atoms with E-state index in [9.17, 15) is 0 Å². The minimum absolute atomic E-state index is 0.617. The van der Waals surface area contributed by atoms with Gasteiger partial charge in [0.05, 0.1) is 6.54 Å². The molecule has 0 bridgehead atoms. The van der Waals surface area contributed by atoms with Crippen LogP contribution in [0.1, 0.15) is 11.4 Å². The van der Waals surface area contributed by atoms with Gasteiger partial charge >= 0.3 is 0 Å². The topological polar surface area (TPSA) is 68.8 Å². The fourth-order valence-corrected chi connectivity index (χ4v) is 1.52. The van der Waals surface area contributed by atoms with Gasteiger partial charge in [-0.3, -0.25) is 4.68 Å². The van der Waals surface area contributed by atoms with Gasteiger partial charge in [0.2, 0.25) is 0 Å². The van der Waals surface area contributed by atoms with Crippen LogP contribution in [-0.4, -0.2) is 14.8 Å². The van der Waals surface area contributed by atoms with Crippen LogP contribution in [0, 0.1) is 6.92 Å². The van der Waals surface area contributed by atoms with Crippen molar-refractivity contribution < 1.29 is 0 Å². The third-order valence-corrected chi connectivity index (χ3v) is 2.33. The highest BCUT2D eigenvalue weighted by Gasteiger charge is 2.01. The van der Waals surface area contributed by atoms with Crippen molar-refractivity contribution in [1.29, 1.82) is 0 Å². The van der Waals surface area contributed by atoms with Crippen molar-refractivity contribution in [3.05, 3.63) is 35.9 Å². The molecule has 84 valence electrons. The molecular formula is C11H15N5. The van der Waals surface area contributed by atoms with Crippen molar-refractivity contribution >= 4 is 11.4 Å². The number of hydrogen-bond donors (Lipinski definition) is 2. The minimum Gasteiger partial charge on any atom is -0.399 e. The lowest BCUT2D eigenvalue weighted by Crippen LogP contribution is -2.03. The van der Waals surface area contributed by atoms with E-state index in [4.69, 9.17) is 5.73 Å². The van der Waals surface area contributed by atoms with Crippen LogP contribution in [0.15, 0.2) is 24.5 Å². The Bertz CT molecular complexity index is 489. The van der Waals surface area contributed by atoms with Crippen LogP contribution in [0.2, 0.25) is 0 Å². The molecule has 2 rings (SSSR count). The summed E-state index contributed by atoms with van der Waals surface area (Å²) in [6.45, 7) is 2.64. The molecule has 0 radical (unpaired) electrons. The zero-order chi connectivity index (χ0) is 11.5.